The van der Waals surface area contributed by atoms with Gasteiger partial charge in [-0.15, -0.1) is 0 Å². The highest BCUT2D eigenvalue weighted by Gasteiger charge is 2.27. The zero-order valence-electron chi connectivity index (χ0n) is 7.95. The van der Waals surface area contributed by atoms with Crippen LogP contribution in [-0.2, 0) is 9.47 Å². The van der Waals surface area contributed by atoms with Gasteiger partial charge in [-0.3, -0.25) is 0 Å². The molecule has 1 aliphatic heterocycles. The zero-order chi connectivity index (χ0) is 8.97. The maximum absolute atomic E-state index is 5.92. The molecule has 1 fully saturated rings. The summed E-state index contributed by atoms with van der Waals surface area (Å²) in [6.07, 6.45) is 1.46. The van der Waals surface area contributed by atoms with Crippen LogP contribution >= 0.6 is 0 Å². The summed E-state index contributed by atoms with van der Waals surface area (Å²) in [6.45, 7) is 6.29. The quantitative estimate of drug-likeness (QED) is 0.683. The van der Waals surface area contributed by atoms with E-state index in [1.165, 1.54) is 0 Å². The normalized spacial score (nSPS) is 32.2. The molecule has 3 atom stereocenters. The van der Waals surface area contributed by atoms with Gasteiger partial charge in [-0.25, -0.2) is 0 Å². The molecule has 1 saturated heterocycles. The highest BCUT2D eigenvalue weighted by atomic mass is 16.5. The van der Waals surface area contributed by atoms with Crippen molar-refractivity contribution in [3.8, 4) is 0 Å². The molecule has 0 aromatic heterocycles. The van der Waals surface area contributed by atoms with Crippen LogP contribution in [0, 0.1) is 5.92 Å². The van der Waals surface area contributed by atoms with Crippen LogP contribution in [0.1, 0.15) is 20.3 Å². The topological polar surface area (TPSA) is 44.5 Å². The van der Waals surface area contributed by atoms with Crippen molar-refractivity contribution in [3.05, 3.63) is 0 Å². The van der Waals surface area contributed by atoms with Gasteiger partial charge in [-0.05, 0) is 20.3 Å². The Morgan fingerprint density at radius 2 is 2.42 bits per heavy atom. The molecule has 0 aromatic carbocycles. The van der Waals surface area contributed by atoms with Gasteiger partial charge < -0.3 is 15.2 Å². The fraction of sp³-hybridized carbons (Fsp3) is 1.00. The summed E-state index contributed by atoms with van der Waals surface area (Å²) >= 11 is 0. The molecule has 72 valence electrons. The lowest BCUT2D eigenvalue weighted by atomic mass is 9.98. The molecule has 12 heavy (non-hydrogen) atoms. The van der Waals surface area contributed by atoms with Crippen LogP contribution in [-0.4, -0.2) is 32.0 Å². The van der Waals surface area contributed by atoms with Crippen molar-refractivity contribution in [2.75, 3.05) is 19.8 Å². The maximum atomic E-state index is 5.92. The second kappa shape index (κ2) is 4.80. The first-order chi connectivity index (χ1) is 5.74. The number of hydrogen-bond acceptors (Lipinski definition) is 3. The first kappa shape index (κ1) is 9.96. The molecule has 1 heterocycles. The van der Waals surface area contributed by atoms with Crippen LogP contribution in [0.5, 0.6) is 0 Å². The summed E-state index contributed by atoms with van der Waals surface area (Å²) in [4.78, 5) is 0. The molecule has 2 N–H and O–H groups in total. The van der Waals surface area contributed by atoms with Gasteiger partial charge in [-0.2, -0.15) is 0 Å². The van der Waals surface area contributed by atoms with E-state index in [4.69, 9.17) is 15.2 Å². The fourth-order valence-electron chi connectivity index (χ4n) is 1.54. The molecular formula is C9H19NO2. The Bertz CT molecular complexity index is 130. The first-order valence-corrected chi connectivity index (χ1v) is 4.69. The number of nitrogens with two attached hydrogens (primary N) is 1. The molecule has 0 aromatic rings. The molecule has 0 bridgehead atoms. The van der Waals surface area contributed by atoms with Crippen LogP contribution < -0.4 is 5.73 Å². The highest BCUT2D eigenvalue weighted by molar-refractivity contribution is 4.79. The standard InChI is InChI=1S/C9H19NO2/c1-3-11-6-9(10)8-4-7(2)12-5-8/h7-9H,3-6,10H2,1-2H3. The Kier molecular flexibility index (Phi) is 3.98. The van der Waals surface area contributed by atoms with E-state index in [1.807, 2.05) is 6.92 Å². The summed E-state index contributed by atoms with van der Waals surface area (Å²) in [5.74, 6) is 0.492. The van der Waals surface area contributed by atoms with Crippen LogP contribution in [0.25, 0.3) is 0 Å². The molecule has 1 rings (SSSR count). The molecule has 0 radical (unpaired) electrons. The number of hydrogen-bond donors (Lipinski definition) is 1. The second-order valence-electron chi connectivity index (χ2n) is 3.46. The molecule has 0 aliphatic carbocycles. The van der Waals surface area contributed by atoms with Gasteiger partial charge in [0.2, 0.25) is 0 Å². The van der Waals surface area contributed by atoms with Crippen molar-refractivity contribution in [2.24, 2.45) is 11.7 Å². The highest BCUT2D eigenvalue weighted by Crippen LogP contribution is 2.21. The minimum absolute atomic E-state index is 0.148. The third-order valence-corrected chi connectivity index (χ3v) is 2.35. The third kappa shape index (κ3) is 2.73. The van der Waals surface area contributed by atoms with Gasteiger partial charge in [0.1, 0.15) is 0 Å². The van der Waals surface area contributed by atoms with Gasteiger partial charge in [0.25, 0.3) is 0 Å². The molecule has 0 saturated carbocycles. The van der Waals surface area contributed by atoms with Crippen LogP contribution in [0.2, 0.25) is 0 Å². The van der Waals surface area contributed by atoms with Gasteiger partial charge in [0.15, 0.2) is 0 Å². The molecular weight excluding hydrogens is 154 g/mol. The van der Waals surface area contributed by atoms with E-state index in [2.05, 4.69) is 6.92 Å². The first-order valence-electron chi connectivity index (χ1n) is 4.69. The van der Waals surface area contributed by atoms with Crippen molar-refractivity contribution in [3.63, 3.8) is 0 Å². The van der Waals surface area contributed by atoms with Crippen molar-refractivity contribution in [1.82, 2.24) is 0 Å². The minimum atomic E-state index is 0.148. The minimum Gasteiger partial charge on any atom is -0.380 e. The lowest BCUT2D eigenvalue weighted by molar-refractivity contribution is 0.0979. The predicted octanol–water partition coefficient (Wildman–Crippen LogP) is 0.775. The van der Waals surface area contributed by atoms with Gasteiger partial charge in [0.05, 0.1) is 19.3 Å². The van der Waals surface area contributed by atoms with Crippen molar-refractivity contribution >= 4 is 0 Å². The Morgan fingerprint density at radius 1 is 1.67 bits per heavy atom. The molecule has 1 aliphatic rings. The Morgan fingerprint density at radius 3 is 2.92 bits per heavy atom. The van der Waals surface area contributed by atoms with Crippen LogP contribution in [0.4, 0.5) is 0 Å². The number of ether oxygens (including phenoxy) is 2. The Balaban J connectivity index is 2.18. The van der Waals surface area contributed by atoms with Crippen molar-refractivity contribution in [1.29, 1.82) is 0 Å². The van der Waals surface area contributed by atoms with Crippen LogP contribution in [0.15, 0.2) is 0 Å². The van der Waals surface area contributed by atoms with Gasteiger partial charge in [-0.1, -0.05) is 0 Å². The molecule has 3 nitrogen and oxygen atoms in total. The summed E-state index contributed by atoms with van der Waals surface area (Å²) < 4.78 is 10.7. The Hall–Kier alpha value is -0.120. The average molecular weight is 173 g/mol. The van der Waals surface area contributed by atoms with Crippen molar-refractivity contribution < 1.29 is 9.47 Å². The van der Waals surface area contributed by atoms with E-state index in [-0.39, 0.29) is 6.04 Å². The summed E-state index contributed by atoms with van der Waals surface area (Å²) in [7, 11) is 0. The summed E-state index contributed by atoms with van der Waals surface area (Å²) in [5.41, 5.74) is 5.92. The predicted molar refractivity (Wildman–Crippen MR) is 48.0 cm³/mol. The molecule has 0 spiro atoms. The van der Waals surface area contributed by atoms with E-state index in [9.17, 15) is 0 Å². The summed E-state index contributed by atoms with van der Waals surface area (Å²) in [5, 5.41) is 0. The van der Waals surface area contributed by atoms with E-state index in [1.54, 1.807) is 0 Å². The SMILES string of the molecule is CCOCC(N)C1COC(C)C1. The molecule has 3 unspecified atom stereocenters. The van der Waals surface area contributed by atoms with Crippen molar-refractivity contribution in [2.45, 2.75) is 32.4 Å². The molecule has 0 amide bonds. The van der Waals surface area contributed by atoms with Gasteiger partial charge >= 0.3 is 0 Å². The van der Waals surface area contributed by atoms with E-state index >= 15 is 0 Å². The summed E-state index contributed by atoms with van der Waals surface area (Å²) in [6, 6.07) is 0.148. The lowest BCUT2D eigenvalue weighted by Crippen LogP contribution is -2.35. The average Bonchev–Trinajstić information content (AvgIpc) is 2.47. The number of rotatable bonds is 4. The third-order valence-electron chi connectivity index (χ3n) is 2.35. The largest absolute Gasteiger partial charge is 0.380 e. The maximum Gasteiger partial charge on any atom is 0.0620 e. The Labute approximate surface area is 74.2 Å². The fourth-order valence-corrected chi connectivity index (χ4v) is 1.54. The van der Waals surface area contributed by atoms with E-state index < -0.39 is 0 Å². The van der Waals surface area contributed by atoms with E-state index in [0.29, 0.717) is 18.6 Å². The monoisotopic (exact) mass is 173 g/mol. The lowest BCUT2D eigenvalue weighted by Gasteiger charge is -2.16. The second-order valence-corrected chi connectivity index (χ2v) is 3.46. The van der Waals surface area contributed by atoms with Gasteiger partial charge in [0, 0.05) is 18.6 Å². The van der Waals surface area contributed by atoms with Crippen LogP contribution in [0.3, 0.4) is 0 Å². The smallest absolute Gasteiger partial charge is 0.0620 e. The van der Waals surface area contributed by atoms with E-state index in [0.717, 1.165) is 19.6 Å². The molecule has 3 heteroatoms. The zero-order valence-corrected chi connectivity index (χ0v) is 7.95.